The fraction of sp³-hybridized carbons (Fsp3) is 0.409. The normalized spacial score (nSPS) is 16.6. The first-order valence-electron chi connectivity index (χ1n) is 9.64. The Morgan fingerprint density at radius 3 is 2.50 bits per heavy atom. The number of methoxy groups -OCH3 is 1. The smallest absolute Gasteiger partial charge is 0.416 e. The van der Waals surface area contributed by atoms with Gasteiger partial charge in [0.05, 0.1) is 18.9 Å². The van der Waals surface area contributed by atoms with Crippen LogP contribution in [-0.2, 0) is 6.18 Å². The molecule has 0 radical (unpaired) electrons. The van der Waals surface area contributed by atoms with E-state index >= 15 is 0 Å². The molecule has 1 fully saturated rings. The highest BCUT2D eigenvalue weighted by atomic mass is 19.4. The third-order valence-corrected chi connectivity index (χ3v) is 5.76. The van der Waals surface area contributed by atoms with Crippen LogP contribution in [0.4, 0.5) is 13.2 Å². The van der Waals surface area contributed by atoms with Gasteiger partial charge < -0.3 is 9.72 Å². The van der Waals surface area contributed by atoms with Crippen LogP contribution >= 0.6 is 0 Å². The molecule has 1 N–H and O–H groups in total. The van der Waals surface area contributed by atoms with Crippen LogP contribution in [0, 0.1) is 5.92 Å². The van der Waals surface area contributed by atoms with Crippen LogP contribution < -0.4 is 4.74 Å². The van der Waals surface area contributed by atoms with Gasteiger partial charge in [-0.1, -0.05) is 37.8 Å². The zero-order valence-electron chi connectivity index (χ0n) is 15.7. The maximum Gasteiger partial charge on any atom is 0.416 e. The molecule has 0 spiro atoms. The molecular weight excluding hydrogens is 365 g/mol. The fourth-order valence-corrected chi connectivity index (χ4v) is 4.24. The zero-order chi connectivity index (χ0) is 19.7. The van der Waals surface area contributed by atoms with Crippen molar-refractivity contribution in [3.63, 3.8) is 0 Å². The third-order valence-electron chi connectivity index (χ3n) is 5.76. The number of rotatable bonds is 5. The molecule has 28 heavy (non-hydrogen) atoms. The molecule has 4 rings (SSSR count). The minimum atomic E-state index is -4.32. The van der Waals surface area contributed by atoms with Crippen LogP contribution in [0.1, 0.15) is 54.8 Å². The van der Waals surface area contributed by atoms with E-state index in [2.05, 4.69) is 9.97 Å². The quantitative estimate of drug-likeness (QED) is 0.557. The van der Waals surface area contributed by atoms with E-state index in [-0.39, 0.29) is 5.92 Å². The number of benzene rings is 1. The van der Waals surface area contributed by atoms with Crippen molar-refractivity contribution in [2.45, 2.75) is 44.2 Å². The number of H-pyrrole nitrogens is 1. The summed E-state index contributed by atoms with van der Waals surface area (Å²) in [5.41, 5.74) is 2.04. The second-order valence-electron chi connectivity index (χ2n) is 7.60. The Hall–Kier alpha value is -2.50. The first kappa shape index (κ1) is 18.8. The highest BCUT2D eigenvalue weighted by Gasteiger charge is 2.31. The van der Waals surface area contributed by atoms with E-state index in [9.17, 15) is 13.2 Å². The van der Waals surface area contributed by atoms with Gasteiger partial charge in [-0.05, 0) is 42.2 Å². The van der Waals surface area contributed by atoms with Gasteiger partial charge in [-0.2, -0.15) is 13.2 Å². The van der Waals surface area contributed by atoms with Crippen molar-refractivity contribution in [1.29, 1.82) is 0 Å². The number of nitrogens with zero attached hydrogens (tertiary/aromatic N) is 1. The number of halogens is 3. The average molecular weight is 388 g/mol. The molecule has 0 saturated heterocycles. The highest BCUT2D eigenvalue weighted by molar-refractivity contribution is 5.78. The molecule has 148 valence electrons. The van der Waals surface area contributed by atoms with Gasteiger partial charge in [0, 0.05) is 17.0 Å². The minimum Gasteiger partial charge on any atom is -0.495 e. The summed E-state index contributed by atoms with van der Waals surface area (Å²) < 4.78 is 44.1. The summed E-state index contributed by atoms with van der Waals surface area (Å²) in [7, 11) is 1.60. The Labute approximate surface area is 161 Å². The highest BCUT2D eigenvalue weighted by Crippen LogP contribution is 2.39. The number of hydrogen-bond donors (Lipinski definition) is 1. The summed E-state index contributed by atoms with van der Waals surface area (Å²) in [5.74, 6) is 1.30. The number of alkyl halides is 3. The van der Waals surface area contributed by atoms with Crippen molar-refractivity contribution < 1.29 is 17.9 Å². The minimum absolute atomic E-state index is 0.0191. The molecule has 3 nitrogen and oxygen atoms in total. The number of hydrogen-bond acceptors (Lipinski definition) is 2. The van der Waals surface area contributed by atoms with E-state index in [4.69, 9.17) is 4.74 Å². The van der Waals surface area contributed by atoms with Gasteiger partial charge in [0.25, 0.3) is 0 Å². The zero-order valence-corrected chi connectivity index (χ0v) is 15.7. The summed E-state index contributed by atoms with van der Waals surface area (Å²) in [6, 6.07) is 9.55. The molecule has 6 heteroatoms. The number of ether oxygens (including phenoxy) is 1. The Kier molecular flexibility index (Phi) is 5.04. The molecule has 1 saturated carbocycles. The van der Waals surface area contributed by atoms with Gasteiger partial charge in [-0.3, -0.25) is 0 Å². The summed E-state index contributed by atoms with van der Waals surface area (Å²) in [6.07, 6.45) is 3.10. The van der Waals surface area contributed by atoms with Crippen LogP contribution in [0.5, 0.6) is 5.75 Å². The first-order valence-corrected chi connectivity index (χ1v) is 9.64. The monoisotopic (exact) mass is 388 g/mol. The molecule has 2 heterocycles. The predicted octanol–water partition coefficient (Wildman–Crippen LogP) is 6.30. The summed E-state index contributed by atoms with van der Waals surface area (Å²) in [6.45, 7) is 0. The second kappa shape index (κ2) is 7.49. The molecule has 1 unspecified atom stereocenters. The maximum absolute atomic E-state index is 13.0. The van der Waals surface area contributed by atoms with E-state index in [1.165, 1.54) is 37.8 Å². The molecule has 1 aliphatic carbocycles. The van der Waals surface area contributed by atoms with Crippen LogP contribution in [0.25, 0.3) is 11.0 Å². The van der Waals surface area contributed by atoms with E-state index in [0.717, 1.165) is 28.7 Å². The molecule has 0 bridgehead atoms. The van der Waals surface area contributed by atoms with Crippen LogP contribution in [0.15, 0.2) is 42.6 Å². The van der Waals surface area contributed by atoms with Gasteiger partial charge in [0.1, 0.15) is 11.4 Å². The number of pyridine rings is 1. The summed E-state index contributed by atoms with van der Waals surface area (Å²) >= 11 is 0. The van der Waals surface area contributed by atoms with E-state index < -0.39 is 11.7 Å². The first-order chi connectivity index (χ1) is 13.4. The van der Waals surface area contributed by atoms with Crippen LogP contribution in [-0.4, -0.2) is 17.1 Å². The number of nitrogens with one attached hydrogen (secondary N) is 1. The van der Waals surface area contributed by atoms with E-state index in [0.29, 0.717) is 11.7 Å². The lowest BCUT2D eigenvalue weighted by Crippen LogP contribution is -2.09. The molecule has 1 aromatic carbocycles. The van der Waals surface area contributed by atoms with Crippen molar-refractivity contribution >= 4 is 11.0 Å². The van der Waals surface area contributed by atoms with Crippen molar-refractivity contribution in [1.82, 2.24) is 9.97 Å². The molecule has 0 aliphatic heterocycles. The maximum atomic E-state index is 13.0. The lowest BCUT2D eigenvalue weighted by Gasteiger charge is -2.21. The van der Waals surface area contributed by atoms with Crippen molar-refractivity contribution in [2.24, 2.45) is 5.92 Å². The Balaban J connectivity index is 1.70. The molecule has 1 aliphatic rings. The number of aromatic nitrogens is 2. The molecule has 1 atom stereocenters. The standard InChI is InChI=1S/C22H23F3N2O/c1-28-18-11-16-12-20(27-21(16)26-13-18)19(10-14-4-2-3-5-14)15-6-8-17(9-7-15)22(23,24)25/h6-9,11-14,19H,2-5,10H2,1H3,(H,26,27). The van der Waals surface area contributed by atoms with Gasteiger partial charge >= 0.3 is 6.18 Å². The Bertz CT molecular complexity index is 941. The van der Waals surface area contributed by atoms with Crippen LogP contribution in [0.2, 0.25) is 0 Å². The van der Waals surface area contributed by atoms with Crippen molar-refractivity contribution in [2.75, 3.05) is 7.11 Å². The van der Waals surface area contributed by atoms with Gasteiger partial charge in [-0.15, -0.1) is 0 Å². The molecule has 3 aromatic rings. The molecule has 0 amide bonds. The second-order valence-corrected chi connectivity index (χ2v) is 7.60. The Morgan fingerprint density at radius 2 is 1.86 bits per heavy atom. The SMILES string of the molecule is COc1cnc2[nH]c(C(CC3CCCC3)c3ccc(C(F)(F)F)cc3)cc2c1. The summed E-state index contributed by atoms with van der Waals surface area (Å²) in [5, 5.41) is 0.942. The van der Waals surface area contributed by atoms with Gasteiger partial charge in [0.2, 0.25) is 0 Å². The van der Waals surface area contributed by atoms with Gasteiger partial charge in [0.15, 0.2) is 0 Å². The van der Waals surface area contributed by atoms with E-state index in [1.807, 2.05) is 12.1 Å². The average Bonchev–Trinajstić information content (AvgIpc) is 3.34. The summed E-state index contributed by atoms with van der Waals surface area (Å²) in [4.78, 5) is 7.77. The molecular formula is C22H23F3N2O. The predicted molar refractivity (Wildman–Crippen MR) is 103 cm³/mol. The van der Waals surface area contributed by atoms with Crippen molar-refractivity contribution in [3.05, 3.63) is 59.4 Å². The lowest BCUT2D eigenvalue weighted by molar-refractivity contribution is -0.137. The number of fused-ring (bicyclic) bond motifs is 1. The fourth-order valence-electron chi connectivity index (χ4n) is 4.24. The van der Waals surface area contributed by atoms with Crippen LogP contribution in [0.3, 0.4) is 0 Å². The number of aromatic amines is 1. The van der Waals surface area contributed by atoms with E-state index in [1.54, 1.807) is 25.4 Å². The van der Waals surface area contributed by atoms with Gasteiger partial charge in [-0.25, -0.2) is 4.98 Å². The lowest BCUT2D eigenvalue weighted by atomic mass is 9.85. The largest absolute Gasteiger partial charge is 0.495 e. The Morgan fingerprint density at radius 1 is 1.14 bits per heavy atom. The van der Waals surface area contributed by atoms with Crippen molar-refractivity contribution in [3.8, 4) is 5.75 Å². The molecule has 2 aromatic heterocycles. The third kappa shape index (κ3) is 3.86. The topological polar surface area (TPSA) is 37.9 Å².